The summed E-state index contributed by atoms with van der Waals surface area (Å²) < 4.78 is 37.3. The number of amides is 1. The first kappa shape index (κ1) is 19.6. The number of amidine groups is 1. The Labute approximate surface area is 168 Å². The predicted octanol–water partition coefficient (Wildman–Crippen LogP) is 2.07. The zero-order chi connectivity index (χ0) is 20.6. The van der Waals surface area contributed by atoms with Crippen LogP contribution in [-0.2, 0) is 4.79 Å². The van der Waals surface area contributed by atoms with E-state index in [4.69, 9.17) is 11.6 Å². The molecule has 1 atom stereocenters. The number of hydrogen-bond donors (Lipinski definition) is 4. The van der Waals surface area contributed by atoms with Gasteiger partial charge in [-0.05, 0) is 25.3 Å². The van der Waals surface area contributed by atoms with Crippen LogP contribution in [0.15, 0.2) is 28.4 Å². The number of pyridine rings is 1. The molecule has 2 aromatic rings. The zero-order valence-corrected chi connectivity index (χ0v) is 15.7. The van der Waals surface area contributed by atoms with E-state index in [2.05, 4.69) is 30.6 Å². The van der Waals surface area contributed by atoms with Crippen molar-refractivity contribution >= 4 is 40.7 Å². The molecule has 8 nitrogen and oxygen atoms in total. The Balaban J connectivity index is 1.53. The number of carbonyl (C=O) groups is 1. The highest BCUT2D eigenvalue weighted by Crippen LogP contribution is 2.33. The number of aliphatic imine (C=N–C) groups is 2. The zero-order valence-electron chi connectivity index (χ0n) is 15.0. The second-order valence-corrected chi connectivity index (χ2v) is 7.34. The van der Waals surface area contributed by atoms with Crippen LogP contribution in [0.2, 0.25) is 5.02 Å². The Morgan fingerprint density at radius 1 is 1.38 bits per heavy atom. The van der Waals surface area contributed by atoms with Crippen LogP contribution in [0.1, 0.15) is 24.8 Å². The van der Waals surface area contributed by atoms with E-state index in [0.717, 1.165) is 11.8 Å². The quantitative estimate of drug-likeness (QED) is 0.586. The smallest absolute Gasteiger partial charge is 0.345 e. The molecule has 1 amide bonds. The van der Waals surface area contributed by atoms with E-state index in [1.165, 1.54) is 12.5 Å². The van der Waals surface area contributed by atoms with Gasteiger partial charge in [0.2, 0.25) is 5.91 Å². The van der Waals surface area contributed by atoms with Crippen LogP contribution < -0.4 is 16.0 Å². The van der Waals surface area contributed by atoms with Gasteiger partial charge in [-0.25, -0.2) is 15.0 Å². The molecule has 2 aromatic heterocycles. The van der Waals surface area contributed by atoms with Crippen molar-refractivity contribution in [3.05, 3.63) is 29.0 Å². The van der Waals surface area contributed by atoms with E-state index in [1.807, 2.05) is 5.32 Å². The van der Waals surface area contributed by atoms with Crippen molar-refractivity contribution in [3.63, 3.8) is 0 Å². The van der Waals surface area contributed by atoms with Crippen molar-refractivity contribution in [1.82, 2.24) is 25.9 Å². The molecule has 4 N–H and O–H groups in total. The molecule has 1 unspecified atom stereocenters. The third-order valence-corrected chi connectivity index (χ3v) is 5.12. The minimum absolute atomic E-state index is 0.410. The molecule has 1 saturated carbocycles. The van der Waals surface area contributed by atoms with Gasteiger partial charge in [0.05, 0.1) is 11.4 Å². The molecule has 1 fully saturated rings. The lowest BCUT2D eigenvalue weighted by molar-refractivity contribution is -0.145. The molecular weight excluding hydrogens is 411 g/mol. The van der Waals surface area contributed by atoms with Gasteiger partial charge in [-0.3, -0.25) is 10.1 Å². The number of alkyl halides is 3. The fourth-order valence-electron chi connectivity index (χ4n) is 3.32. The monoisotopic (exact) mass is 427 g/mol. The average molecular weight is 428 g/mol. The number of carbonyl (C=O) groups excluding carboxylic acids is 1. The first-order valence-corrected chi connectivity index (χ1v) is 9.25. The highest BCUT2D eigenvalue weighted by Gasteiger charge is 2.46. The fraction of sp³-hybridized carbons (Fsp3) is 0.412. The van der Waals surface area contributed by atoms with E-state index in [0.29, 0.717) is 34.9 Å². The van der Waals surface area contributed by atoms with Gasteiger partial charge in [0.1, 0.15) is 23.6 Å². The largest absolute Gasteiger partial charge is 0.405 e. The first-order valence-electron chi connectivity index (χ1n) is 8.88. The van der Waals surface area contributed by atoms with Gasteiger partial charge in [-0.2, -0.15) is 13.2 Å². The molecule has 2 aliphatic rings. The van der Waals surface area contributed by atoms with Gasteiger partial charge in [0, 0.05) is 23.3 Å². The summed E-state index contributed by atoms with van der Waals surface area (Å²) in [6.07, 6.45) is 0.920. The third kappa shape index (κ3) is 4.06. The van der Waals surface area contributed by atoms with Crippen molar-refractivity contribution in [2.45, 2.75) is 37.3 Å². The summed E-state index contributed by atoms with van der Waals surface area (Å²) >= 11 is 6.03. The Morgan fingerprint density at radius 3 is 2.86 bits per heavy atom. The van der Waals surface area contributed by atoms with Crippen LogP contribution in [0.4, 0.5) is 13.2 Å². The summed E-state index contributed by atoms with van der Waals surface area (Å²) in [5, 5.41) is 9.11. The maximum absolute atomic E-state index is 12.4. The second-order valence-electron chi connectivity index (χ2n) is 6.90. The average Bonchev–Trinajstić information content (AvgIpc) is 3.05. The minimum atomic E-state index is -4.47. The lowest BCUT2D eigenvalue weighted by Gasteiger charge is -2.42. The standard InChI is InChI=1S/C17H17ClF3N7O/c18-9-4-10-11(6-23-12(10)22-5-9)13-25-8-26-15(27-13)28-16(2-1-3-16)14(29)24-7-17(19,20)21/h4-6,8,15,28H,1-3,7H2,(H,22,23)(H,24,29)(H,25,26,27). The molecule has 1 aliphatic heterocycles. The van der Waals surface area contributed by atoms with Crippen LogP contribution in [-0.4, -0.2) is 52.6 Å². The highest BCUT2D eigenvalue weighted by molar-refractivity contribution is 6.31. The van der Waals surface area contributed by atoms with Gasteiger partial charge in [-0.1, -0.05) is 11.6 Å². The maximum Gasteiger partial charge on any atom is 0.405 e. The third-order valence-electron chi connectivity index (χ3n) is 4.92. The number of H-pyrrole nitrogens is 1. The molecule has 4 rings (SSSR count). The molecule has 12 heteroatoms. The Hall–Kier alpha value is -2.66. The summed E-state index contributed by atoms with van der Waals surface area (Å²) in [4.78, 5) is 28.2. The van der Waals surface area contributed by atoms with E-state index in [-0.39, 0.29) is 0 Å². The Bertz CT molecular complexity index is 997. The van der Waals surface area contributed by atoms with E-state index in [9.17, 15) is 18.0 Å². The summed E-state index contributed by atoms with van der Waals surface area (Å²) in [6, 6.07) is 1.74. The summed E-state index contributed by atoms with van der Waals surface area (Å²) in [7, 11) is 0. The Kier molecular flexibility index (Phi) is 4.95. The predicted molar refractivity (Wildman–Crippen MR) is 102 cm³/mol. The molecule has 3 heterocycles. The van der Waals surface area contributed by atoms with Gasteiger partial charge < -0.3 is 15.6 Å². The van der Waals surface area contributed by atoms with Crippen LogP contribution in [0, 0.1) is 0 Å². The number of hydrogen-bond acceptors (Lipinski definition) is 6. The van der Waals surface area contributed by atoms with Crippen molar-refractivity contribution in [2.24, 2.45) is 9.98 Å². The van der Waals surface area contributed by atoms with Crippen molar-refractivity contribution in [1.29, 1.82) is 0 Å². The van der Waals surface area contributed by atoms with Crippen molar-refractivity contribution in [2.75, 3.05) is 6.54 Å². The van der Waals surface area contributed by atoms with E-state index in [1.54, 1.807) is 12.3 Å². The van der Waals surface area contributed by atoms with Crippen LogP contribution >= 0.6 is 11.6 Å². The fourth-order valence-corrected chi connectivity index (χ4v) is 3.47. The number of nitrogens with zero attached hydrogens (tertiary/aromatic N) is 3. The summed E-state index contributed by atoms with van der Waals surface area (Å²) in [5.41, 5.74) is 0.213. The first-order chi connectivity index (χ1) is 13.8. The molecule has 0 spiro atoms. The SMILES string of the molecule is O=C(NCC(F)(F)F)C1(NC2N=CNC(c3c[nH]c4ncc(Cl)cc34)=N2)CCC1. The highest BCUT2D eigenvalue weighted by atomic mass is 35.5. The molecule has 0 saturated heterocycles. The molecule has 29 heavy (non-hydrogen) atoms. The molecule has 0 aromatic carbocycles. The lowest BCUT2D eigenvalue weighted by Crippen LogP contribution is -2.64. The minimum Gasteiger partial charge on any atom is -0.345 e. The number of fused-ring (bicyclic) bond motifs is 1. The number of halogens is 4. The van der Waals surface area contributed by atoms with Crippen LogP contribution in [0.25, 0.3) is 11.0 Å². The van der Waals surface area contributed by atoms with E-state index >= 15 is 0 Å². The lowest BCUT2D eigenvalue weighted by atomic mass is 9.76. The number of aromatic amines is 1. The second kappa shape index (κ2) is 7.30. The van der Waals surface area contributed by atoms with Crippen LogP contribution in [0.5, 0.6) is 0 Å². The Morgan fingerprint density at radius 2 is 2.17 bits per heavy atom. The van der Waals surface area contributed by atoms with Gasteiger partial charge in [0.15, 0.2) is 6.29 Å². The molecular formula is C17H17ClF3N7O. The van der Waals surface area contributed by atoms with Gasteiger partial charge in [-0.15, -0.1) is 0 Å². The maximum atomic E-state index is 12.4. The van der Waals surface area contributed by atoms with Gasteiger partial charge >= 0.3 is 6.18 Å². The summed E-state index contributed by atoms with van der Waals surface area (Å²) in [6.45, 7) is -1.37. The molecule has 154 valence electrons. The van der Waals surface area contributed by atoms with E-state index < -0.39 is 30.5 Å². The normalized spacial score (nSPS) is 20.7. The van der Waals surface area contributed by atoms with Crippen molar-refractivity contribution in [3.8, 4) is 0 Å². The molecule has 0 radical (unpaired) electrons. The number of aromatic nitrogens is 2. The molecule has 0 bridgehead atoms. The topological polar surface area (TPSA) is 107 Å². The van der Waals surface area contributed by atoms with Crippen LogP contribution in [0.3, 0.4) is 0 Å². The number of rotatable bonds is 5. The molecule has 1 aliphatic carbocycles. The van der Waals surface area contributed by atoms with Gasteiger partial charge in [0.25, 0.3) is 0 Å². The van der Waals surface area contributed by atoms with Crippen molar-refractivity contribution < 1.29 is 18.0 Å². The summed E-state index contributed by atoms with van der Waals surface area (Å²) in [5.74, 6) is -0.229. The number of nitrogens with one attached hydrogen (secondary N) is 4.